The highest BCUT2D eigenvalue weighted by Gasteiger charge is 2.28. The summed E-state index contributed by atoms with van der Waals surface area (Å²) in [4.78, 5) is 20.6. The largest absolute Gasteiger partial charge is 0.350 e. The molecule has 1 saturated heterocycles. The number of rotatable bonds is 4. The predicted octanol–water partition coefficient (Wildman–Crippen LogP) is 1.14. The van der Waals surface area contributed by atoms with Crippen LogP contribution in [0.1, 0.15) is 49.0 Å². The van der Waals surface area contributed by atoms with Crippen molar-refractivity contribution in [3.05, 3.63) is 18.0 Å². The summed E-state index contributed by atoms with van der Waals surface area (Å²) < 4.78 is 23.0. The Morgan fingerprint density at radius 2 is 1.91 bits per heavy atom. The Labute approximate surface area is 136 Å². The Balaban J connectivity index is 1.61. The molecule has 8 heteroatoms. The first-order chi connectivity index (χ1) is 11.0. The van der Waals surface area contributed by atoms with Crippen LogP contribution >= 0.6 is 0 Å². The summed E-state index contributed by atoms with van der Waals surface area (Å²) in [5, 5.41) is 6.03. The summed E-state index contributed by atoms with van der Waals surface area (Å²) in [5.41, 5.74) is 0.314. The van der Waals surface area contributed by atoms with E-state index in [1.165, 1.54) is 12.6 Å². The maximum absolute atomic E-state index is 12.3. The monoisotopic (exact) mass is 338 g/mol. The number of nitrogens with one attached hydrogen (secondary N) is 2. The van der Waals surface area contributed by atoms with Crippen LogP contribution < -0.4 is 10.6 Å². The summed E-state index contributed by atoms with van der Waals surface area (Å²) >= 11 is 0. The van der Waals surface area contributed by atoms with Gasteiger partial charge in [-0.05, 0) is 25.3 Å². The van der Waals surface area contributed by atoms with Crippen molar-refractivity contribution in [2.75, 3.05) is 16.8 Å². The Hall–Kier alpha value is -1.70. The topological polar surface area (TPSA) is 101 Å². The molecule has 2 fully saturated rings. The molecular formula is C15H22N4O3S. The molecule has 1 amide bonds. The zero-order chi connectivity index (χ0) is 16.3. The highest BCUT2D eigenvalue weighted by molar-refractivity contribution is 7.91. The van der Waals surface area contributed by atoms with Gasteiger partial charge in [0.25, 0.3) is 5.91 Å². The number of anilines is 1. The van der Waals surface area contributed by atoms with Crippen molar-refractivity contribution < 1.29 is 13.2 Å². The minimum Gasteiger partial charge on any atom is -0.350 e. The molecule has 2 heterocycles. The smallest absolute Gasteiger partial charge is 0.270 e. The van der Waals surface area contributed by atoms with Crippen LogP contribution in [-0.2, 0) is 9.84 Å². The molecule has 1 aromatic rings. The Kier molecular flexibility index (Phi) is 4.79. The van der Waals surface area contributed by atoms with Gasteiger partial charge in [-0.2, -0.15) is 0 Å². The summed E-state index contributed by atoms with van der Waals surface area (Å²) in [5.74, 6) is 0.395. The first kappa shape index (κ1) is 16.2. The van der Waals surface area contributed by atoms with E-state index < -0.39 is 9.84 Å². The van der Waals surface area contributed by atoms with Gasteiger partial charge >= 0.3 is 0 Å². The molecule has 0 bridgehead atoms. The van der Waals surface area contributed by atoms with Gasteiger partial charge in [0, 0.05) is 18.3 Å². The SMILES string of the molecule is O=C(NC1CCCCC1)c1ccnc(NC2CCS(=O)(=O)C2)n1. The average molecular weight is 338 g/mol. The van der Waals surface area contributed by atoms with Crippen LogP contribution in [0.2, 0.25) is 0 Å². The van der Waals surface area contributed by atoms with Crippen molar-refractivity contribution in [3.8, 4) is 0 Å². The number of carbonyl (C=O) groups is 1. The second-order valence-electron chi connectivity index (χ2n) is 6.32. The lowest BCUT2D eigenvalue weighted by Crippen LogP contribution is -2.36. The molecular weight excluding hydrogens is 316 g/mol. The molecule has 1 aromatic heterocycles. The van der Waals surface area contributed by atoms with Crippen molar-refractivity contribution >= 4 is 21.7 Å². The van der Waals surface area contributed by atoms with Gasteiger partial charge < -0.3 is 10.6 Å². The van der Waals surface area contributed by atoms with Gasteiger partial charge in [0.15, 0.2) is 9.84 Å². The molecule has 0 radical (unpaired) electrons. The second kappa shape index (κ2) is 6.82. The van der Waals surface area contributed by atoms with Gasteiger partial charge in [0.2, 0.25) is 5.95 Å². The van der Waals surface area contributed by atoms with E-state index in [9.17, 15) is 13.2 Å². The van der Waals surface area contributed by atoms with Gasteiger partial charge in [-0.3, -0.25) is 4.79 Å². The van der Waals surface area contributed by atoms with E-state index >= 15 is 0 Å². The molecule has 1 saturated carbocycles. The molecule has 126 valence electrons. The number of hydrogen-bond donors (Lipinski definition) is 2. The standard InChI is InChI=1S/C15H22N4O3S/c20-14(17-11-4-2-1-3-5-11)13-6-8-16-15(19-13)18-12-7-9-23(21,22)10-12/h6,8,11-12H,1-5,7,9-10H2,(H,17,20)(H,16,18,19). The molecule has 1 aliphatic carbocycles. The molecule has 23 heavy (non-hydrogen) atoms. The fraction of sp³-hybridized carbons (Fsp3) is 0.667. The quantitative estimate of drug-likeness (QED) is 0.854. The average Bonchev–Trinajstić information content (AvgIpc) is 2.87. The fourth-order valence-corrected chi connectivity index (χ4v) is 4.83. The van der Waals surface area contributed by atoms with Crippen molar-refractivity contribution in [1.29, 1.82) is 0 Å². The van der Waals surface area contributed by atoms with Crippen molar-refractivity contribution in [3.63, 3.8) is 0 Å². The first-order valence-corrected chi connectivity index (χ1v) is 9.95. The van der Waals surface area contributed by atoms with Crippen molar-refractivity contribution in [1.82, 2.24) is 15.3 Å². The van der Waals surface area contributed by atoms with Crippen molar-refractivity contribution in [2.24, 2.45) is 0 Å². The predicted molar refractivity (Wildman–Crippen MR) is 87.1 cm³/mol. The molecule has 3 rings (SSSR count). The number of aromatic nitrogens is 2. The molecule has 2 aliphatic rings. The zero-order valence-electron chi connectivity index (χ0n) is 13.0. The van der Waals surface area contributed by atoms with E-state index in [0.29, 0.717) is 18.1 Å². The summed E-state index contributed by atoms with van der Waals surface area (Å²) in [7, 11) is -2.96. The lowest BCUT2D eigenvalue weighted by Gasteiger charge is -2.22. The van der Waals surface area contributed by atoms with Crippen LogP contribution in [0.3, 0.4) is 0 Å². The van der Waals surface area contributed by atoms with E-state index in [2.05, 4.69) is 20.6 Å². The molecule has 0 aromatic carbocycles. The highest BCUT2D eigenvalue weighted by Crippen LogP contribution is 2.18. The first-order valence-electron chi connectivity index (χ1n) is 8.13. The Morgan fingerprint density at radius 1 is 1.13 bits per heavy atom. The fourth-order valence-electron chi connectivity index (χ4n) is 3.15. The third-order valence-electron chi connectivity index (χ3n) is 4.39. The van der Waals surface area contributed by atoms with Gasteiger partial charge in [-0.25, -0.2) is 18.4 Å². The van der Waals surface area contributed by atoms with E-state index in [4.69, 9.17) is 0 Å². The maximum Gasteiger partial charge on any atom is 0.270 e. The van der Waals surface area contributed by atoms with E-state index in [0.717, 1.165) is 25.7 Å². The zero-order valence-corrected chi connectivity index (χ0v) is 13.8. The Morgan fingerprint density at radius 3 is 2.61 bits per heavy atom. The third kappa shape index (κ3) is 4.40. The normalized spacial score (nSPS) is 24.3. The minimum atomic E-state index is -2.96. The third-order valence-corrected chi connectivity index (χ3v) is 6.16. The summed E-state index contributed by atoms with van der Waals surface area (Å²) in [6.07, 6.45) is 7.64. The second-order valence-corrected chi connectivity index (χ2v) is 8.55. The lowest BCUT2D eigenvalue weighted by molar-refractivity contribution is 0.0922. The van der Waals surface area contributed by atoms with Crippen LogP contribution in [0.15, 0.2) is 12.3 Å². The molecule has 1 aliphatic heterocycles. The van der Waals surface area contributed by atoms with Crippen molar-refractivity contribution in [2.45, 2.75) is 50.6 Å². The van der Waals surface area contributed by atoms with Crippen LogP contribution in [0.4, 0.5) is 5.95 Å². The number of sulfone groups is 1. The number of amides is 1. The van der Waals surface area contributed by atoms with E-state index in [-0.39, 0.29) is 29.5 Å². The van der Waals surface area contributed by atoms with Gasteiger partial charge in [-0.1, -0.05) is 19.3 Å². The lowest BCUT2D eigenvalue weighted by atomic mass is 9.95. The van der Waals surface area contributed by atoms with Crippen LogP contribution in [0, 0.1) is 0 Å². The highest BCUT2D eigenvalue weighted by atomic mass is 32.2. The number of hydrogen-bond acceptors (Lipinski definition) is 6. The summed E-state index contributed by atoms with van der Waals surface area (Å²) in [6.45, 7) is 0. The van der Waals surface area contributed by atoms with Crippen LogP contribution in [0.25, 0.3) is 0 Å². The van der Waals surface area contributed by atoms with Crippen LogP contribution in [-0.4, -0.2) is 47.9 Å². The van der Waals surface area contributed by atoms with Gasteiger partial charge in [-0.15, -0.1) is 0 Å². The van der Waals surface area contributed by atoms with E-state index in [1.54, 1.807) is 6.07 Å². The molecule has 2 N–H and O–H groups in total. The van der Waals surface area contributed by atoms with Gasteiger partial charge in [0.1, 0.15) is 5.69 Å². The number of carbonyl (C=O) groups excluding carboxylic acids is 1. The van der Waals surface area contributed by atoms with Gasteiger partial charge in [0.05, 0.1) is 11.5 Å². The van der Waals surface area contributed by atoms with Crippen LogP contribution in [0.5, 0.6) is 0 Å². The molecule has 7 nitrogen and oxygen atoms in total. The molecule has 1 atom stereocenters. The Bertz CT molecular complexity index is 671. The molecule has 1 unspecified atom stereocenters. The van der Waals surface area contributed by atoms with E-state index in [1.807, 2.05) is 0 Å². The maximum atomic E-state index is 12.3. The minimum absolute atomic E-state index is 0.0921. The molecule has 0 spiro atoms. The number of nitrogens with zero attached hydrogens (tertiary/aromatic N) is 2. The summed E-state index contributed by atoms with van der Waals surface area (Å²) in [6, 6.07) is 1.62.